The monoisotopic (exact) mass is 390 g/mol. The number of amides is 3. The number of anilines is 1. The average Bonchev–Trinajstić information content (AvgIpc) is 2.51. The Morgan fingerprint density at radius 2 is 2.08 bits per heavy atom. The molecule has 7 nitrogen and oxygen atoms in total. The molecule has 0 aromatic heterocycles. The Balaban J connectivity index is 1.86. The van der Waals surface area contributed by atoms with E-state index in [9.17, 15) is 27.6 Å². The third-order valence-electron chi connectivity index (χ3n) is 3.41. The van der Waals surface area contributed by atoms with Crippen molar-refractivity contribution in [3.63, 3.8) is 0 Å². The molecule has 3 amide bonds. The standard InChI is InChI=1S/C15H17F3N4O3S/c16-15(17,18)8-2-1-3-9(4-8)20-13(25)7-26-14-21-10(5-11(19)23)6-12(24)22-14/h1-4,10,14,21H,5-7H2,(H2,19,23)(H,20,25)(H,22,24). The fourth-order valence-corrected chi connectivity index (χ4v) is 3.23. The summed E-state index contributed by atoms with van der Waals surface area (Å²) in [4.78, 5) is 34.5. The molecule has 0 saturated carbocycles. The third kappa shape index (κ3) is 6.23. The van der Waals surface area contributed by atoms with Gasteiger partial charge in [-0.25, -0.2) is 0 Å². The van der Waals surface area contributed by atoms with E-state index in [1.807, 2.05) is 0 Å². The minimum absolute atomic E-state index is 0.0130. The molecule has 11 heteroatoms. The Hall–Kier alpha value is -2.27. The lowest BCUT2D eigenvalue weighted by Crippen LogP contribution is -2.55. The number of rotatable bonds is 6. The molecule has 1 saturated heterocycles. The van der Waals surface area contributed by atoms with Crippen molar-refractivity contribution in [3.8, 4) is 0 Å². The number of benzene rings is 1. The molecule has 26 heavy (non-hydrogen) atoms. The van der Waals surface area contributed by atoms with Crippen molar-refractivity contribution in [3.05, 3.63) is 29.8 Å². The Labute approximate surface area is 151 Å². The molecule has 2 unspecified atom stereocenters. The minimum Gasteiger partial charge on any atom is -0.370 e. The maximum Gasteiger partial charge on any atom is 0.416 e. The zero-order valence-electron chi connectivity index (χ0n) is 13.4. The molecule has 1 aliphatic rings. The van der Waals surface area contributed by atoms with Crippen LogP contribution in [0.1, 0.15) is 18.4 Å². The van der Waals surface area contributed by atoms with Gasteiger partial charge in [-0.1, -0.05) is 6.07 Å². The van der Waals surface area contributed by atoms with Gasteiger partial charge in [0.1, 0.15) is 5.50 Å². The quantitative estimate of drug-likeness (QED) is 0.579. The lowest BCUT2D eigenvalue weighted by Gasteiger charge is -2.30. The predicted molar refractivity (Wildman–Crippen MR) is 89.8 cm³/mol. The zero-order valence-corrected chi connectivity index (χ0v) is 14.2. The largest absolute Gasteiger partial charge is 0.416 e. The molecular formula is C15H17F3N4O3S. The molecule has 1 aromatic rings. The van der Waals surface area contributed by atoms with Crippen LogP contribution < -0.4 is 21.7 Å². The lowest BCUT2D eigenvalue weighted by atomic mass is 10.1. The first-order chi connectivity index (χ1) is 12.1. The fourth-order valence-electron chi connectivity index (χ4n) is 2.34. The average molecular weight is 390 g/mol. The molecule has 1 aromatic carbocycles. The van der Waals surface area contributed by atoms with Crippen LogP contribution in [0.25, 0.3) is 0 Å². The van der Waals surface area contributed by atoms with E-state index in [2.05, 4.69) is 16.0 Å². The molecule has 142 valence electrons. The van der Waals surface area contributed by atoms with E-state index >= 15 is 0 Å². The van der Waals surface area contributed by atoms with E-state index in [-0.39, 0.29) is 30.2 Å². The summed E-state index contributed by atoms with van der Waals surface area (Å²) < 4.78 is 38.0. The summed E-state index contributed by atoms with van der Waals surface area (Å²) in [5, 5.41) is 7.94. The van der Waals surface area contributed by atoms with Gasteiger partial charge in [0.15, 0.2) is 0 Å². The van der Waals surface area contributed by atoms with E-state index in [1.165, 1.54) is 12.1 Å². The zero-order chi connectivity index (χ0) is 19.3. The van der Waals surface area contributed by atoms with Crippen LogP contribution in [0.4, 0.5) is 18.9 Å². The third-order valence-corrected chi connectivity index (χ3v) is 4.43. The smallest absolute Gasteiger partial charge is 0.370 e. The van der Waals surface area contributed by atoms with Gasteiger partial charge in [0.05, 0.1) is 11.3 Å². The molecule has 1 fully saturated rings. The molecule has 1 heterocycles. The number of carbonyl (C=O) groups is 3. The van der Waals surface area contributed by atoms with E-state index in [1.54, 1.807) is 0 Å². The highest BCUT2D eigenvalue weighted by atomic mass is 32.2. The molecule has 0 spiro atoms. The number of primary amides is 1. The van der Waals surface area contributed by atoms with Gasteiger partial charge in [0, 0.05) is 24.6 Å². The highest BCUT2D eigenvalue weighted by molar-refractivity contribution is 8.00. The van der Waals surface area contributed by atoms with E-state index in [4.69, 9.17) is 5.73 Å². The number of halogens is 3. The van der Waals surface area contributed by atoms with Crippen LogP contribution in [0.15, 0.2) is 24.3 Å². The Kier molecular flexibility index (Phi) is 6.48. The number of alkyl halides is 3. The van der Waals surface area contributed by atoms with Crippen molar-refractivity contribution >= 4 is 35.2 Å². The van der Waals surface area contributed by atoms with E-state index in [0.29, 0.717) is 0 Å². The summed E-state index contributed by atoms with van der Waals surface area (Å²) in [6, 6.07) is 3.87. The molecule has 0 radical (unpaired) electrons. The Morgan fingerprint density at radius 3 is 2.73 bits per heavy atom. The summed E-state index contributed by atoms with van der Waals surface area (Å²) in [7, 11) is 0. The number of nitrogens with one attached hydrogen (secondary N) is 3. The van der Waals surface area contributed by atoms with Crippen molar-refractivity contribution in [1.82, 2.24) is 10.6 Å². The molecule has 5 N–H and O–H groups in total. The van der Waals surface area contributed by atoms with Crippen molar-refractivity contribution in [2.45, 2.75) is 30.6 Å². The second kappa shape index (κ2) is 8.41. The van der Waals surface area contributed by atoms with Crippen LogP contribution in [-0.4, -0.2) is 35.0 Å². The maximum absolute atomic E-state index is 12.7. The summed E-state index contributed by atoms with van der Waals surface area (Å²) in [6.45, 7) is 0. The Bertz CT molecular complexity index is 697. The highest BCUT2D eigenvalue weighted by Gasteiger charge is 2.30. The van der Waals surface area contributed by atoms with Gasteiger partial charge in [-0.05, 0) is 18.2 Å². The van der Waals surface area contributed by atoms with Crippen LogP contribution >= 0.6 is 11.8 Å². The van der Waals surface area contributed by atoms with Crippen LogP contribution in [0.2, 0.25) is 0 Å². The topological polar surface area (TPSA) is 113 Å². The van der Waals surface area contributed by atoms with Crippen LogP contribution in [0, 0.1) is 0 Å². The van der Waals surface area contributed by atoms with Crippen molar-refractivity contribution in [1.29, 1.82) is 0 Å². The first-order valence-electron chi connectivity index (χ1n) is 7.56. The highest BCUT2D eigenvalue weighted by Crippen LogP contribution is 2.30. The first kappa shape index (κ1) is 20.0. The number of nitrogens with two attached hydrogens (primary N) is 1. The van der Waals surface area contributed by atoms with Gasteiger partial charge in [0.25, 0.3) is 0 Å². The minimum atomic E-state index is -4.50. The molecular weight excluding hydrogens is 373 g/mol. The molecule has 0 aliphatic carbocycles. The normalized spacial score (nSPS) is 20.3. The molecule has 2 atom stereocenters. The Morgan fingerprint density at radius 1 is 1.35 bits per heavy atom. The van der Waals surface area contributed by atoms with Gasteiger partial charge in [-0.2, -0.15) is 13.2 Å². The molecule has 1 aliphatic heterocycles. The summed E-state index contributed by atoms with van der Waals surface area (Å²) in [5.41, 5.74) is 3.66. The number of thioether (sulfide) groups is 1. The summed E-state index contributed by atoms with van der Waals surface area (Å²) in [6.07, 6.45) is -4.42. The fraction of sp³-hybridized carbons (Fsp3) is 0.400. The summed E-state index contributed by atoms with van der Waals surface area (Å²) in [5.74, 6) is -1.48. The van der Waals surface area contributed by atoms with Crippen LogP contribution in [-0.2, 0) is 20.6 Å². The maximum atomic E-state index is 12.7. The van der Waals surface area contributed by atoms with Gasteiger partial charge in [-0.3, -0.25) is 19.7 Å². The van der Waals surface area contributed by atoms with E-state index < -0.39 is 35.1 Å². The number of hydrogen-bond donors (Lipinski definition) is 4. The van der Waals surface area contributed by atoms with Crippen molar-refractivity contribution in [2.75, 3.05) is 11.1 Å². The summed E-state index contributed by atoms with van der Waals surface area (Å²) >= 11 is 1.04. The van der Waals surface area contributed by atoms with Gasteiger partial charge >= 0.3 is 6.18 Å². The lowest BCUT2D eigenvalue weighted by molar-refractivity contribution is -0.137. The number of hydrogen-bond acceptors (Lipinski definition) is 5. The van der Waals surface area contributed by atoms with Crippen LogP contribution in [0.5, 0.6) is 0 Å². The van der Waals surface area contributed by atoms with Crippen LogP contribution in [0.3, 0.4) is 0 Å². The van der Waals surface area contributed by atoms with Gasteiger partial charge in [-0.15, -0.1) is 11.8 Å². The molecule has 0 bridgehead atoms. The first-order valence-corrected chi connectivity index (χ1v) is 8.61. The molecule has 2 rings (SSSR count). The second-order valence-corrected chi connectivity index (χ2v) is 6.72. The number of carbonyl (C=O) groups excluding carboxylic acids is 3. The van der Waals surface area contributed by atoms with Gasteiger partial charge in [0.2, 0.25) is 17.7 Å². The second-order valence-electron chi connectivity index (χ2n) is 5.62. The SMILES string of the molecule is NC(=O)CC1CC(=O)NC(SCC(=O)Nc2cccc(C(F)(F)F)c2)N1. The van der Waals surface area contributed by atoms with Crippen molar-refractivity contribution in [2.24, 2.45) is 5.73 Å². The van der Waals surface area contributed by atoms with Crippen molar-refractivity contribution < 1.29 is 27.6 Å². The predicted octanol–water partition coefficient (Wildman–Crippen LogP) is 1.01. The van der Waals surface area contributed by atoms with Gasteiger partial charge < -0.3 is 16.4 Å². The van der Waals surface area contributed by atoms with E-state index in [0.717, 1.165) is 23.9 Å².